The van der Waals surface area contributed by atoms with Crippen LogP contribution in [0.1, 0.15) is 52.4 Å². The van der Waals surface area contributed by atoms with Crippen LogP contribution in [0.5, 0.6) is 0 Å². The first-order valence-electron chi connectivity index (χ1n) is 8.10. The SMILES string of the molecule is CCC(C)N(CCOC)C(=O)CC1CCC(CN)CC1. The molecule has 1 atom stereocenters. The lowest BCUT2D eigenvalue weighted by molar-refractivity contribution is -0.135. The zero-order valence-electron chi connectivity index (χ0n) is 13.4. The van der Waals surface area contributed by atoms with Crippen molar-refractivity contribution in [3.63, 3.8) is 0 Å². The Bertz CT molecular complexity index is 276. The number of nitrogens with zero attached hydrogens (tertiary/aromatic N) is 1. The van der Waals surface area contributed by atoms with Gasteiger partial charge in [-0.25, -0.2) is 0 Å². The zero-order chi connectivity index (χ0) is 15.0. The first kappa shape index (κ1) is 17.4. The van der Waals surface area contributed by atoms with Crippen molar-refractivity contribution in [2.24, 2.45) is 17.6 Å². The smallest absolute Gasteiger partial charge is 0.223 e. The molecule has 0 heterocycles. The molecule has 1 fully saturated rings. The Hall–Kier alpha value is -0.610. The van der Waals surface area contributed by atoms with Gasteiger partial charge in [-0.15, -0.1) is 0 Å². The molecule has 118 valence electrons. The minimum atomic E-state index is 0.299. The van der Waals surface area contributed by atoms with Crippen molar-refractivity contribution >= 4 is 5.91 Å². The quantitative estimate of drug-likeness (QED) is 0.744. The second-order valence-electron chi connectivity index (χ2n) is 6.16. The molecule has 1 aliphatic rings. The number of carbonyl (C=O) groups is 1. The van der Waals surface area contributed by atoms with Crippen LogP contribution in [0.15, 0.2) is 0 Å². The van der Waals surface area contributed by atoms with E-state index < -0.39 is 0 Å². The molecule has 1 saturated carbocycles. The number of methoxy groups -OCH3 is 1. The summed E-state index contributed by atoms with van der Waals surface area (Å²) in [5, 5.41) is 0. The molecule has 4 nitrogen and oxygen atoms in total. The monoisotopic (exact) mass is 284 g/mol. The molecule has 0 saturated heterocycles. The van der Waals surface area contributed by atoms with Gasteiger partial charge in [0.25, 0.3) is 0 Å². The molecule has 4 heteroatoms. The van der Waals surface area contributed by atoms with E-state index in [0.717, 1.165) is 25.8 Å². The Morgan fingerprint density at radius 3 is 2.40 bits per heavy atom. The molecule has 1 rings (SSSR count). The van der Waals surface area contributed by atoms with Crippen LogP contribution in [0.2, 0.25) is 0 Å². The molecule has 0 aromatic rings. The lowest BCUT2D eigenvalue weighted by atomic mass is 9.80. The summed E-state index contributed by atoms with van der Waals surface area (Å²) in [6.07, 6.45) is 6.39. The Morgan fingerprint density at radius 2 is 1.90 bits per heavy atom. The lowest BCUT2D eigenvalue weighted by Crippen LogP contribution is -2.41. The number of carbonyl (C=O) groups excluding carboxylic acids is 1. The summed E-state index contributed by atoms with van der Waals surface area (Å²) in [5.74, 6) is 1.53. The van der Waals surface area contributed by atoms with Crippen molar-refractivity contribution in [3.8, 4) is 0 Å². The van der Waals surface area contributed by atoms with Gasteiger partial charge in [0.05, 0.1) is 6.61 Å². The maximum Gasteiger partial charge on any atom is 0.223 e. The number of rotatable bonds is 8. The number of nitrogens with two attached hydrogens (primary N) is 1. The van der Waals surface area contributed by atoms with Gasteiger partial charge in [0.1, 0.15) is 0 Å². The zero-order valence-corrected chi connectivity index (χ0v) is 13.4. The van der Waals surface area contributed by atoms with Crippen molar-refractivity contribution in [1.82, 2.24) is 4.90 Å². The normalized spacial score (nSPS) is 24.4. The fraction of sp³-hybridized carbons (Fsp3) is 0.938. The van der Waals surface area contributed by atoms with Gasteiger partial charge in [-0.1, -0.05) is 6.92 Å². The minimum absolute atomic E-state index is 0.299. The van der Waals surface area contributed by atoms with E-state index >= 15 is 0 Å². The third kappa shape index (κ3) is 5.41. The van der Waals surface area contributed by atoms with E-state index in [-0.39, 0.29) is 0 Å². The second kappa shape index (κ2) is 9.35. The first-order chi connectivity index (χ1) is 9.62. The van der Waals surface area contributed by atoms with Gasteiger partial charge in [0.2, 0.25) is 5.91 Å². The number of hydrogen-bond donors (Lipinski definition) is 1. The number of hydrogen-bond acceptors (Lipinski definition) is 3. The van der Waals surface area contributed by atoms with Crippen molar-refractivity contribution < 1.29 is 9.53 Å². The Labute approximate surface area is 124 Å². The van der Waals surface area contributed by atoms with E-state index in [1.165, 1.54) is 12.8 Å². The summed E-state index contributed by atoms with van der Waals surface area (Å²) in [4.78, 5) is 14.5. The summed E-state index contributed by atoms with van der Waals surface area (Å²) in [5.41, 5.74) is 5.72. The average molecular weight is 284 g/mol. The fourth-order valence-electron chi connectivity index (χ4n) is 3.04. The molecular weight excluding hydrogens is 252 g/mol. The van der Waals surface area contributed by atoms with E-state index in [1.54, 1.807) is 7.11 Å². The third-order valence-electron chi connectivity index (χ3n) is 4.74. The van der Waals surface area contributed by atoms with Crippen LogP contribution in [-0.2, 0) is 9.53 Å². The molecular formula is C16H32N2O2. The van der Waals surface area contributed by atoms with Crippen LogP contribution >= 0.6 is 0 Å². The molecule has 1 unspecified atom stereocenters. The number of amides is 1. The minimum Gasteiger partial charge on any atom is -0.383 e. The molecule has 0 radical (unpaired) electrons. The highest BCUT2D eigenvalue weighted by molar-refractivity contribution is 5.76. The van der Waals surface area contributed by atoms with Crippen LogP contribution in [0.25, 0.3) is 0 Å². The van der Waals surface area contributed by atoms with Gasteiger partial charge in [0, 0.05) is 26.1 Å². The molecule has 0 bridgehead atoms. The van der Waals surface area contributed by atoms with Gasteiger partial charge in [-0.3, -0.25) is 4.79 Å². The molecule has 1 amide bonds. The van der Waals surface area contributed by atoms with Crippen LogP contribution < -0.4 is 5.73 Å². The molecule has 2 N–H and O–H groups in total. The van der Waals surface area contributed by atoms with Crippen molar-refractivity contribution in [3.05, 3.63) is 0 Å². The summed E-state index contributed by atoms with van der Waals surface area (Å²) < 4.78 is 5.13. The lowest BCUT2D eigenvalue weighted by Gasteiger charge is -2.32. The van der Waals surface area contributed by atoms with Crippen molar-refractivity contribution in [2.75, 3.05) is 26.8 Å². The van der Waals surface area contributed by atoms with Gasteiger partial charge in [-0.05, 0) is 57.4 Å². The third-order valence-corrected chi connectivity index (χ3v) is 4.74. The highest BCUT2D eigenvalue weighted by Crippen LogP contribution is 2.30. The molecule has 0 aromatic carbocycles. The van der Waals surface area contributed by atoms with E-state index in [4.69, 9.17) is 10.5 Å². The largest absolute Gasteiger partial charge is 0.383 e. The van der Waals surface area contributed by atoms with Crippen LogP contribution in [-0.4, -0.2) is 43.7 Å². The summed E-state index contributed by atoms with van der Waals surface area (Å²) in [7, 11) is 1.69. The maximum atomic E-state index is 12.5. The molecule has 0 aliphatic heterocycles. The second-order valence-corrected chi connectivity index (χ2v) is 6.16. The van der Waals surface area contributed by atoms with E-state index in [9.17, 15) is 4.79 Å². The highest BCUT2D eigenvalue weighted by Gasteiger charge is 2.25. The predicted octanol–water partition coefficient (Wildman–Crippen LogP) is 2.42. The standard InChI is InChI=1S/C16H32N2O2/c1-4-13(2)18(9-10-20-3)16(19)11-14-5-7-15(12-17)8-6-14/h13-15H,4-12,17H2,1-3H3. The summed E-state index contributed by atoms with van der Waals surface area (Å²) in [6, 6.07) is 0.304. The van der Waals surface area contributed by atoms with Crippen molar-refractivity contribution in [2.45, 2.75) is 58.4 Å². The van der Waals surface area contributed by atoms with E-state index in [1.807, 2.05) is 4.90 Å². The Balaban J connectivity index is 2.45. The van der Waals surface area contributed by atoms with Gasteiger partial charge < -0.3 is 15.4 Å². The summed E-state index contributed by atoms with van der Waals surface area (Å²) >= 11 is 0. The fourth-order valence-corrected chi connectivity index (χ4v) is 3.04. The number of ether oxygens (including phenoxy) is 1. The van der Waals surface area contributed by atoms with Crippen LogP contribution in [0.4, 0.5) is 0 Å². The van der Waals surface area contributed by atoms with E-state index in [0.29, 0.717) is 43.4 Å². The molecule has 1 aliphatic carbocycles. The van der Waals surface area contributed by atoms with Gasteiger partial charge in [-0.2, -0.15) is 0 Å². The summed E-state index contributed by atoms with van der Waals surface area (Å²) in [6.45, 7) is 6.38. The maximum absolute atomic E-state index is 12.5. The highest BCUT2D eigenvalue weighted by atomic mass is 16.5. The molecule has 0 spiro atoms. The first-order valence-corrected chi connectivity index (χ1v) is 8.10. The van der Waals surface area contributed by atoms with E-state index in [2.05, 4.69) is 13.8 Å². The van der Waals surface area contributed by atoms with Crippen molar-refractivity contribution in [1.29, 1.82) is 0 Å². The molecule has 20 heavy (non-hydrogen) atoms. The Morgan fingerprint density at radius 1 is 1.30 bits per heavy atom. The average Bonchev–Trinajstić information content (AvgIpc) is 2.48. The van der Waals surface area contributed by atoms with Gasteiger partial charge >= 0.3 is 0 Å². The topological polar surface area (TPSA) is 55.6 Å². The molecule has 0 aromatic heterocycles. The predicted molar refractivity (Wildman–Crippen MR) is 82.5 cm³/mol. The van der Waals surface area contributed by atoms with Gasteiger partial charge in [0.15, 0.2) is 0 Å². The van der Waals surface area contributed by atoms with Crippen LogP contribution in [0, 0.1) is 11.8 Å². The Kier molecular flexibility index (Phi) is 8.15. The van der Waals surface area contributed by atoms with Crippen LogP contribution in [0.3, 0.4) is 0 Å².